The number of aryl methyl sites for hydroxylation is 1. The number of carbonyl (C=O) groups is 1. The van der Waals surface area contributed by atoms with Gasteiger partial charge in [-0.3, -0.25) is 0 Å². The molecule has 0 saturated carbocycles. The van der Waals surface area contributed by atoms with Gasteiger partial charge in [-0.05, 0) is 30.2 Å². The molecule has 1 aromatic heterocycles. The minimum Gasteiger partial charge on any atom is -0.494 e. The number of hydrogen-bond donors (Lipinski definition) is 2. The van der Waals surface area contributed by atoms with E-state index in [4.69, 9.17) is 32.5 Å². The van der Waals surface area contributed by atoms with Gasteiger partial charge in [0.15, 0.2) is 0 Å². The van der Waals surface area contributed by atoms with E-state index < -0.39 is 5.97 Å². The number of hydrogen-bond acceptors (Lipinski definition) is 6. The quantitative estimate of drug-likeness (QED) is 0.423. The number of rotatable bonds is 8. The Bertz CT molecular complexity index is 1080. The van der Waals surface area contributed by atoms with Gasteiger partial charge < -0.3 is 20.5 Å². The second kappa shape index (κ2) is 9.41. The Morgan fingerprint density at radius 2 is 1.87 bits per heavy atom. The fourth-order valence-electron chi connectivity index (χ4n) is 3.27. The summed E-state index contributed by atoms with van der Waals surface area (Å²) in [6.45, 7) is 2.35. The van der Waals surface area contributed by atoms with Crippen LogP contribution in [0.2, 0.25) is 0 Å². The van der Waals surface area contributed by atoms with E-state index in [1.54, 1.807) is 23.9 Å². The van der Waals surface area contributed by atoms with Crippen molar-refractivity contribution in [2.75, 3.05) is 19.5 Å². The van der Waals surface area contributed by atoms with Crippen molar-refractivity contribution in [3.8, 4) is 11.4 Å². The van der Waals surface area contributed by atoms with E-state index in [1.807, 2.05) is 43.3 Å². The van der Waals surface area contributed by atoms with Gasteiger partial charge in [0.25, 0.3) is 0 Å². The molecule has 0 radical (unpaired) electrons. The topological polar surface area (TPSA) is 91.4 Å². The summed E-state index contributed by atoms with van der Waals surface area (Å²) >= 11 is 5.32. The molecule has 0 aliphatic carbocycles. The largest absolute Gasteiger partial charge is 0.494 e. The Kier molecular flexibility index (Phi) is 6.68. The van der Waals surface area contributed by atoms with Crippen LogP contribution in [0.4, 0.5) is 5.82 Å². The second-order valence-electron chi connectivity index (χ2n) is 6.47. The molecule has 0 atom stereocenters. The molecule has 1 heterocycles. The fraction of sp³-hybridized carbons (Fsp3) is 0.227. The average molecular weight is 425 g/mol. The van der Waals surface area contributed by atoms with Crippen LogP contribution in [0.25, 0.3) is 5.69 Å². The van der Waals surface area contributed by atoms with Gasteiger partial charge in [-0.15, -0.1) is 0 Å². The Morgan fingerprint density at radius 3 is 2.53 bits per heavy atom. The first kappa shape index (κ1) is 21.3. The molecule has 0 amide bonds. The van der Waals surface area contributed by atoms with Crippen molar-refractivity contribution < 1.29 is 14.3 Å². The monoisotopic (exact) mass is 424 g/mol. The van der Waals surface area contributed by atoms with Crippen LogP contribution in [0.15, 0.2) is 48.5 Å². The van der Waals surface area contributed by atoms with Crippen molar-refractivity contribution in [2.45, 2.75) is 19.9 Å². The van der Waals surface area contributed by atoms with Gasteiger partial charge in [0, 0.05) is 6.54 Å². The average Bonchev–Trinajstić information content (AvgIpc) is 3.16. The van der Waals surface area contributed by atoms with E-state index in [1.165, 1.54) is 7.11 Å². The molecule has 0 fully saturated rings. The van der Waals surface area contributed by atoms with E-state index in [9.17, 15) is 4.79 Å². The third-order valence-corrected chi connectivity index (χ3v) is 4.93. The molecule has 0 aliphatic rings. The number of aromatic nitrogens is 2. The zero-order valence-electron chi connectivity index (χ0n) is 17.1. The van der Waals surface area contributed by atoms with E-state index in [2.05, 4.69) is 5.32 Å². The number of nitrogens with zero attached hydrogens (tertiary/aromatic N) is 2. The summed E-state index contributed by atoms with van der Waals surface area (Å²) in [5, 5.41) is 8.10. The third kappa shape index (κ3) is 4.13. The lowest BCUT2D eigenvalue weighted by atomic mass is 10.1. The summed E-state index contributed by atoms with van der Waals surface area (Å²) in [4.78, 5) is 12.4. The van der Waals surface area contributed by atoms with Crippen molar-refractivity contribution in [1.82, 2.24) is 9.78 Å². The highest BCUT2D eigenvalue weighted by molar-refractivity contribution is 7.80. The second-order valence-corrected chi connectivity index (χ2v) is 6.91. The Labute approximate surface area is 180 Å². The van der Waals surface area contributed by atoms with Gasteiger partial charge in [-0.25, -0.2) is 9.48 Å². The molecule has 0 bridgehead atoms. The lowest BCUT2D eigenvalue weighted by Gasteiger charge is -2.15. The van der Waals surface area contributed by atoms with Crippen LogP contribution in [0, 0.1) is 0 Å². The summed E-state index contributed by atoms with van der Waals surface area (Å²) in [6, 6.07) is 14.8. The first-order chi connectivity index (χ1) is 14.5. The molecule has 30 heavy (non-hydrogen) atoms. The number of para-hydroxylation sites is 2. The maximum absolute atomic E-state index is 12.1. The van der Waals surface area contributed by atoms with Gasteiger partial charge in [0.05, 0.1) is 31.0 Å². The molecule has 0 saturated heterocycles. The smallest absolute Gasteiger partial charge is 0.338 e. The van der Waals surface area contributed by atoms with Crippen LogP contribution < -0.4 is 15.8 Å². The number of anilines is 1. The summed E-state index contributed by atoms with van der Waals surface area (Å²) in [5.74, 6) is 0.910. The van der Waals surface area contributed by atoms with Crippen LogP contribution in [-0.4, -0.2) is 35.0 Å². The molecule has 0 aliphatic heterocycles. The van der Waals surface area contributed by atoms with Crippen LogP contribution in [0.5, 0.6) is 5.75 Å². The molecule has 7 nitrogen and oxygen atoms in total. The number of nitrogens with one attached hydrogen (secondary N) is 1. The third-order valence-electron chi connectivity index (χ3n) is 4.72. The number of methoxy groups -OCH3 is 2. The highest BCUT2D eigenvalue weighted by Gasteiger charge is 2.22. The summed E-state index contributed by atoms with van der Waals surface area (Å²) in [5.41, 5.74) is 9.53. The fourth-order valence-corrected chi connectivity index (χ4v) is 3.49. The van der Waals surface area contributed by atoms with Crippen LogP contribution in [0.3, 0.4) is 0 Å². The predicted molar refractivity (Wildman–Crippen MR) is 120 cm³/mol. The molecule has 3 aromatic rings. The van der Waals surface area contributed by atoms with Crippen molar-refractivity contribution in [1.29, 1.82) is 0 Å². The standard InChI is InChI=1S/C22H24N4O3S/c1-4-16-19(20(23)30)21(26(25-16)17-11-7-8-12-18(17)28-2)24-13-14-9-5-6-10-15(14)22(27)29-3/h5-12,24H,4,13H2,1-3H3,(H2,23,30). The molecule has 0 unspecified atom stereocenters. The number of thiocarbonyl (C=S) groups is 1. The van der Waals surface area contributed by atoms with Crippen LogP contribution >= 0.6 is 12.2 Å². The van der Waals surface area contributed by atoms with E-state index >= 15 is 0 Å². The molecule has 8 heteroatoms. The zero-order chi connectivity index (χ0) is 21.7. The summed E-state index contributed by atoms with van der Waals surface area (Å²) in [6.07, 6.45) is 0.655. The number of esters is 1. The maximum Gasteiger partial charge on any atom is 0.338 e. The molecule has 2 aromatic carbocycles. The highest BCUT2D eigenvalue weighted by atomic mass is 32.1. The minimum atomic E-state index is -0.394. The molecule has 3 rings (SSSR count). The van der Waals surface area contributed by atoms with Crippen LogP contribution in [0.1, 0.15) is 34.1 Å². The Morgan fingerprint density at radius 1 is 1.17 bits per heavy atom. The van der Waals surface area contributed by atoms with Crippen molar-refractivity contribution in [3.05, 3.63) is 70.9 Å². The minimum absolute atomic E-state index is 0.247. The van der Waals surface area contributed by atoms with Gasteiger partial charge in [0.2, 0.25) is 0 Å². The lowest BCUT2D eigenvalue weighted by Crippen LogP contribution is -2.16. The van der Waals surface area contributed by atoms with E-state index in [0.717, 1.165) is 16.9 Å². The van der Waals surface area contributed by atoms with Crippen molar-refractivity contribution in [2.24, 2.45) is 5.73 Å². The number of carbonyl (C=O) groups excluding carboxylic acids is 1. The van der Waals surface area contributed by atoms with E-state index in [-0.39, 0.29) is 4.99 Å². The number of ether oxygens (including phenoxy) is 2. The van der Waals surface area contributed by atoms with Gasteiger partial charge >= 0.3 is 5.97 Å². The van der Waals surface area contributed by atoms with Gasteiger partial charge in [-0.1, -0.05) is 49.5 Å². The molecule has 156 valence electrons. The van der Waals surface area contributed by atoms with Crippen molar-refractivity contribution >= 4 is 29.0 Å². The summed E-state index contributed by atoms with van der Waals surface area (Å²) in [7, 11) is 2.97. The Hall–Kier alpha value is -3.39. The van der Waals surface area contributed by atoms with E-state index in [0.29, 0.717) is 35.7 Å². The SMILES string of the molecule is CCc1nn(-c2ccccc2OC)c(NCc2ccccc2C(=O)OC)c1C(N)=S. The normalized spacial score (nSPS) is 10.5. The highest BCUT2D eigenvalue weighted by Crippen LogP contribution is 2.30. The molecular formula is C22H24N4O3S. The molecule has 0 spiro atoms. The maximum atomic E-state index is 12.1. The van der Waals surface area contributed by atoms with Crippen LogP contribution in [-0.2, 0) is 17.7 Å². The zero-order valence-corrected chi connectivity index (χ0v) is 18.0. The molecule has 3 N–H and O–H groups in total. The first-order valence-corrected chi connectivity index (χ1v) is 9.87. The lowest BCUT2D eigenvalue weighted by molar-refractivity contribution is 0.0599. The number of nitrogens with two attached hydrogens (primary N) is 1. The molecular weight excluding hydrogens is 400 g/mol. The first-order valence-electron chi connectivity index (χ1n) is 9.46. The Balaban J connectivity index is 2.09. The van der Waals surface area contributed by atoms with Gasteiger partial charge in [-0.2, -0.15) is 5.10 Å². The summed E-state index contributed by atoms with van der Waals surface area (Å²) < 4.78 is 12.1. The van der Waals surface area contributed by atoms with Crippen molar-refractivity contribution in [3.63, 3.8) is 0 Å². The number of benzene rings is 2. The predicted octanol–water partition coefficient (Wildman–Crippen LogP) is 3.48. The van der Waals surface area contributed by atoms with Gasteiger partial charge in [0.1, 0.15) is 22.2 Å².